The van der Waals surface area contributed by atoms with Crippen molar-refractivity contribution in [3.05, 3.63) is 42.2 Å². The SMILES string of the molecule is NCCn1cc(-c2cccc(C(F)(F)F)c2)cn1. The van der Waals surface area contributed by atoms with E-state index in [0.29, 0.717) is 24.2 Å². The van der Waals surface area contributed by atoms with Gasteiger partial charge >= 0.3 is 6.18 Å². The molecule has 0 fully saturated rings. The van der Waals surface area contributed by atoms with Crippen molar-refractivity contribution in [3.8, 4) is 11.1 Å². The third kappa shape index (κ3) is 2.70. The van der Waals surface area contributed by atoms with Gasteiger partial charge in [0.25, 0.3) is 0 Å². The van der Waals surface area contributed by atoms with Crippen molar-refractivity contribution < 1.29 is 13.2 Å². The highest BCUT2D eigenvalue weighted by Crippen LogP contribution is 2.31. The van der Waals surface area contributed by atoms with Crippen molar-refractivity contribution in [2.75, 3.05) is 6.54 Å². The lowest BCUT2D eigenvalue weighted by Crippen LogP contribution is -2.09. The van der Waals surface area contributed by atoms with Crippen LogP contribution in [0.1, 0.15) is 5.56 Å². The fraction of sp³-hybridized carbons (Fsp3) is 0.250. The first-order valence-electron chi connectivity index (χ1n) is 5.41. The van der Waals surface area contributed by atoms with E-state index >= 15 is 0 Å². The quantitative estimate of drug-likeness (QED) is 0.915. The molecule has 1 heterocycles. The normalized spacial score (nSPS) is 11.8. The van der Waals surface area contributed by atoms with Crippen molar-refractivity contribution >= 4 is 0 Å². The molecule has 2 aromatic rings. The summed E-state index contributed by atoms with van der Waals surface area (Å²) in [6.07, 6.45) is -1.11. The number of nitrogens with two attached hydrogens (primary N) is 1. The summed E-state index contributed by atoms with van der Waals surface area (Å²) in [6, 6.07) is 5.18. The largest absolute Gasteiger partial charge is 0.416 e. The van der Waals surface area contributed by atoms with E-state index in [9.17, 15) is 13.2 Å². The van der Waals surface area contributed by atoms with Crippen molar-refractivity contribution in [2.24, 2.45) is 5.73 Å². The molecule has 6 heteroatoms. The zero-order valence-corrected chi connectivity index (χ0v) is 9.48. The van der Waals surface area contributed by atoms with Crippen LogP contribution in [-0.4, -0.2) is 16.3 Å². The second kappa shape index (κ2) is 4.81. The summed E-state index contributed by atoms with van der Waals surface area (Å²) in [5.41, 5.74) is 5.86. The van der Waals surface area contributed by atoms with E-state index in [0.717, 1.165) is 12.1 Å². The van der Waals surface area contributed by atoms with Gasteiger partial charge in [-0.25, -0.2) is 0 Å². The van der Waals surface area contributed by atoms with Crippen molar-refractivity contribution in [1.29, 1.82) is 0 Å². The van der Waals surface area contributed by atoms with Crippen LogP contribution in [-0.2, 0) is 12.7 Å². The lowest BCUT2D eigenvalue weighted by Gasteiger charge is -2.07. The molecule has 0 atom stereocenters. The molecule has 0 saturated carbocycles. The fourth-order valence-electron chi connectivity index (χ4n) is 1.64. The second-order valence-corrected chi connectivity index (χ2v) is 3.86. The zero-order chi connectivity index (χ0) is 13.2. The first-order chi connectivity index (χ1) is 8.50. The van der Waals surface area contributed by atoms with E-state index in [1.54, 1.807) is 16.9 Å². The molecule has 1 aromatic heterocycles. The molecular weight excluding hydrogens is 243 g/mol. The van der Waals surface area contributed by atoms with Crippen LogP contribution in [0, 0.1) is 0 Å². The minimum Gasteiger partial charge on any atom is -0.329 e. The molecule has 0 unspecified atom stereocenters. The molecule has 2 rings (SSSR count). The maximum Gasteiger partial charge on any atom is 0.416 e. The van der Waals surface area contributed by atoms with Crippen LogP contribution in [0.5, 0.6) is 0 Å². The standard InChI is InChI=1S/C12H12F3N3/c13-12(14,15)11-3-1-2-9(6-11)10-7-17-18(8-10)5-4-16/h1-3,6-8H,4-5,16H2. The van der Waals surface area contributed by atoms with Gasteiger partial charge in [-0.15, -0.1) is 0 Å². The number of benzene rings is 1. The molecule has 96 valence electrons. The maximum atomic E-state index is 12.6. The van der Waals surface area contributed by atoms with Crippen molar-refractivity contribution in [3.63, 3.8) is 0 Å². The molecule has 0 aliphatic rings. The molecule has 1 aromatic carbocycles. The van der Waals surface area contributed by atoms with E-state index in [-0.39, 0.29) is 0 Å². The summed E-state index contributed by atoms with van der Waals surface area (Å²) in [7, 11) is 0. The molecule has 0 radical (unpaired) electrons. The molecule has 18 heavy (non-hydrogen) atoms. The topological polar surface area (TPSA) is 43.8 Å². The van der Waals surface area contributed by atoms with E-state index in [2.05, 4.69) is 5.10 Å². The number of rotatable bonds is 3. The Labute approximate surface area is 102 Å². The first-order valence-corrected chi connectivity index (χ1v) is 5.41. The molecular formula is C12H12F3N3. The summed E-state index contributed by atoms with van der Waals surface area (Å²) in [5.74, 6) is 0. The second-order valence-electron chi connectivity index (χ2n) is 3.86. The van der Waals surface area contributed by atoms with Gasteiger partial charge in [0.05, 0.1) is 18.3 Å². The number of nitrogens with zero attached hydrogens (tertiary/aromatic N) is 2. The molecule has 0 aliphatic carbocycles. The summed E-state index contributed by atoms with van der Waals surface area (Å²) < 4.78 is 39.3. The number of aromatic nitrogens is 2. The average Bonchev–Trinajstić information content (AvgIpc) is 2.77. The molecule has 0 aliphatic heterocycles. The summed E-state index contributed by atoms with van der Waals surface area (Å²) in [4.78, 5) is 0. The molecule has 0 saturated heterocycles. The van der Waals surface area contributed by atoms with Gasteiger partial charge in [0.1, 0.15) is 0 Å². The third-order valence-electron chi connectivity index (χ3n) is 2.51. The van der Waals surface area contributed by atoms with E-state index in [1.807, 2.05) is 0 Å². The molecule has 0 bridgehead atoms. The van der Waals surface area contributed by atoms with Crippen LogP contribution in [0.15, 0.2) is 36.7 Å². The smallest absolute Gasteiger partial charge is 0.329 e. The van der Waals surface area contributed by atoms with Crippen LogP contribution < -0.4 is 5.73 Å². The molecule has 0 amide bonds. The highest BCUT2D eigenvalue weighted by Gasteiger charge is 2.30. The van der Waals surface area contributed by atoms with Gasteiger partial charge in [0, 0.05) is 18.3 Å². The molecule has 2 N–H and O–H groups in total. The Balaban J connectivity index is 2.32. The maximum absolute atomic E-state index is 12.6. The highest BCUT2D eigenvalue weighted by atomic mass is 19.4. The number of hydrogen-bond donors (Lipinski definition) is 1. The Morgan fingerprint density at radius 3 is 2.67 bits per heavy atom. The Morgan fingerprint density at radius 1 is 1.22 bits per heavy atom. The van der Waals surface area contributed by atoms with Crippen LogP contribution in [0.25, 0.3) is 11.1 Å². The van der Waals surface area contributed by atoms with Gasteiger partial charge in [-0.2, -0.15) is 18.3 Å². The van der Waals surface area contributed by atoms with Crippen LogP contribution >= 0.6 is 0 Å². The predicted octanol–water partition coefficient (Wildman–Crippen LogP) is 2.53. The predicted molar refractivity (Wildman–Crippen MR) is 61.7 cm³/mol. The summed E-state index contributed by atoms with van der Waals surface area (Å²) in [5, 5.41) is 4.03. The summed E-state index contributed by atoms with van der Waals surface area (Å²) >= 11 is 0. The Kier molecular flexibility index (Phi) is 3.38. The monoisotopic (exact) mass is 255 g/mol. The van der Waals surface area contributed by atoms with E-state index in [1.165, 1.54) is 12.3 Å². The highest BCUT2D eigenvalue weighted by molar-refractivity contribution is 5.62. The fourth-order valence-corrected chi connectivity index (χ4v) is 1.64. The third-order valence-corrected chi connectivity index (χ3v) is 2.51. The Hall–Kier alpha value is -1.82. The van der Waals surface area contributed by atoms with Gasteiger partial charge in [-0.3, -0.25) is 4.68 Å². The van der Waals surface area contributed by atoms with Crippen LogP contribution in [0.4, 0.5) is 13.2 Å². The van der Waals surface area contributed by atoms with Gasteiger partial charge in [0.15, 0.2) is 0 Å². The minimum atomic E-state index is -4.33. The van der Waals surface area contributed by atoms with Crippen LogP contribution in [0.2, 0.25) is 0 Å². The Bertz CT molecular complexity index is 531. The average molecular weight is 255 g/mol. The van der Waals surface area contributed by atoms with E-state index < -0.39 is 11.7 Å². The van der Waals surface area contributed by atoms with Crippen LogP contribution in [0.3, 0.4) is 0 Å². The van der Waals surface area contributed by atoms with Crippen molar-refractivity contribution in [1.82, 2.24) is 9.78 Å². The van der Waals surface area contributed by atoms with Gasteiger partial charge in [-0.05, 0) is 17.7 Å². The number of hydrogen-bond acceptors (Lipinski definition) is 2. The zero-order valence-electron chi connectivity index (χ0n) is 9.48. The molecule has 3 nitrogen and oxygen atoms in total. The number of alkyl halides is 3. The van der Waals surface area contributed by atoms with E-state index in [4.69, 9.17) is 5.73 Å². The summed E-state index contributed by atoms with van der Waals surface area (Å²) in [6.45, 7) is 0.975. The minimum absolute atomic E-state index is 0.434. The van der Waals surface area contributed by atoms with Gasteiger partial charge in [-0.1, -0.05) is 12.1 Å². The lowest BCUT2D eigenvalue weighted by atomic mass is 10.1. The Morgan fingerprint density at radius 2 is 2.00 bits per heavy atom. The first kappa shape index (κ1) is 12.6. The van der Waals surface area contributed by atoms with Gasteiger partial charge in [0.2, 0.25) is 0 Å². The number of halogens is 3. The lowest BCUT2D eigenvalue weighted by molar-refractivity contribution is -0.137. The van der Waals surface area contributed by atoms with Gasteiger partial charge < -0.3 is 5.73 Å². The molecule has 0 spiro atoms. The van der Waals surface area contributed by atoms with Crippen molar-refractivity contribution in [2.45, 2.75) is 12.7 Å².